The first-order chi connectivity index (χ1) is 16.1. The van der Waals surface area contributed by atoms with Crippen LogP contribution >= 0.6 is 0 Å². The number of aryl methyl sites for hydroxylation is 1. The highest BCUT2D eigenvalue weighted by Crippen LogP contribution is 2.27. The molecule has 0 fully saturated rings. The zero-order valence-electron chi connectivity index (χ0n) is 18.8. The average Bonchev–Trinajstić information content (AvgIpc) is 2.84. The van der Waals surface area contributed by atoms with Gasteiger partial charge in [-0.2, -0.15) is 0 Å². The van der Waals surface area contributed by atoms with Gasteiger partial charge in [0.15, 0.2) is 0 Å². The Labute approximate surface area is 193 Å². The number of esters is 1. The first-order valence-electron chi connectivity index (χ1n) is 11.1. The van der Waals surface area contributed by atoms with E-state index < -0.39 is 0 Å². The maximum Gasteiger partial charge on any atom is 0.338 e. The summed E-state index contributed by atoms with van der Waals surface area (Å²) in [6.07, 6.45) is 1.80. The standard InChI is InChI=1S/C28H26N2O3/c1-3-4-17-33-28(32)20-13-15-21(16-14-20)29-27(31)24-18-26(22-10-6-5-9-19(22)2)30-25-12-8-7-11-23(24)25/h5-16,18H,3-4,17H2,1-2H3,(H,29,31). The van der Waals surface area contributed by atoms with Crippen LogP contribution in [0.5, 0.6) is 0 Å². The lowest BCUT2D eigenvalue weighted by Gasteiger charge is -2.12. The summed E-state index contributed by atoms with van der Waals surface area (Å²) in [6, 6.07) is 24.2. The fraction of sp³-hybridized carbons (Fsp3) is 0.179. The largest absolute Gasteiger partial charge is 0.462 e. The fourth-order valence-corrected chi connectivity index (χ4v) is 3.64. The second kappa shape index (κ2) is 10.1. The third kappa shape index (κ3) is 5.09. The molecule has 3 aromatic carbocycles. The number of amides is 1. The van der Waals surface area contributed by atoms with Gasteiger partial charge in [0.2, 0.25) is 0 Å². The Morgan fingerprint density at radius 3 is 2.42 bits per heavy atom. The summed E-state index contributed by atoms with van der Waals surface area (Å²) in [6.45, 7) is 4.48. The van der Waals surface area contributed by atoms with Gasteiger partial charge in [-0.25, -0.2) is 9.78 Å². The van der Waals surface area contributed by atoms with Crippen molar-refractivity contribution in [2.24, 2.45) is 0 Å². The minimum Gasteiger partial charge on any atom is -0.462 e. The highest BCUT2D eigenvalue weighted by atomic mass is 16.5. The van der Waals surface area contributed by atoms with Crippen molar-refractivity contribution in [3.05, 3.63) is 95.6 Å². The number of hydrogen-bond acceptors (Lipinski definition) is 4. The summed E-state index contributed by atoms with van der Waals surface area (Å²) in [5.74, 6) is -0.592. The highest BCUT2D eigenvalue weighted by molar-refractivity contribution is 6.13. The van der Waals surface area contributed by atoms with Crippen LogP contribution in [0.1, 0.15) is 46.0 Å². The number of para-hydroxylation sites is 1. The molecule has 1 aromatic heterocycles. The van der Waals surface area contributed by atoms with Crippen molar-refractivity contribution in [3.63, 3.8) is 0 Å². The zero-order chi connectivity index (χ0) is 23.2. The second-order valence-electron chi connectivity index (χ2n) is 7.91. The van der Waals surface area contributed by atoms with Gasteiger partial charge >= 0.3 is 5.97 Å². The predicted molar refractivity (Wildman–Crippen MR) is 132 cm³/mol. The number of ether oxygens (including phenoxy) is 1. The summed E-state index contributed by atoms with van der Waals surface area (Å²) >= 11 is 0. The molecule has 0 unspecified atom stereocenters. The highest BCUT2D eigenvalue weighted by Gasteiger charge is 2.15. The molecule has 4 rings (SSSR count). The summed E-state index contributed by atoms with van der Waals surface area (Å²) in [7, 11) is 0. The number of unbranched alkanes of at least 4 members (excludes halogenated alkanes) is 1. The van der Waals surface area contributed by atoms with Gasteiger partial charge in [0, 0.05) is 16.6 Å². The van der Waals surface area contributed by atoms with Gasteiger partial charge in [0.1, 0.15) is 0 Å². The van der Waals surface area contributed by atoms with Gasteiger partial charge in [0.05, 0.1) is 28.9 Å². The quantitative estimate of drug-likeness (QED) is 0.267. The molecule has 5 nitrogen and oxygen atoms in total. The number of nitrogens with one attached hydrogen (secondary N) is 1. The fourth-order valence-electron chi connectivity index (χ4n) is 3.64. The maximum atomic E-state index is 13.3. The number of hydrogen-bond donors (Lipinski definition) is 1. The van der Waals surface area contributed by atoms with E-state index in [2.05, 4.69) is 5.32 Å². The van der Waals surface area contributed by atoms with E-state index >= 15 is 0 Å². The van der Waals surface area contributed by atoms with Crippen LogP contribution in [0.15, 0.2) is 78.9 Å². The van der Waals surface area contributed by atoms with Crippen molar-refractivity contribution in [3.8, 4) is 11.3 Å². The Kier molecular flexibility index (Phi) is 6.79. The molecule has 1 N–H and O–H groups in total. The Morgan fingerprint density at radius 1 is 0.939 bits per heavy atom. The van der Waals surface area contributed by atoms with Crippen LogP contribution in [0.4, 0.5) is 5.69 Å². The molecule has 0 radical (unpaired) electrons. The number of benzene rings is 3. The van der Waals surface area contributed by atoms with Crippen LogP contribution in [-0.4, -0.2) is 23.5 Å². The average molecular weight is 439 g/mol. The van der Waals surface area contributed by atoms with Crippen LogP contribution in [-0.2, 0) is 4.74 Å². The molecule has 0 aliphatic carbocycles. The first kappa shape index (κ1) is 22.2. The molecular formula is C28H26N2O3. The van der Waals surface area contributed by atoms with Crippen molar-refractivity contribution in [1.82, 2.24) is 4.98 Å². The second-order valence-corrected chi connectivity index (χ2v) is 7.91. The number of carbonyl (C=O) groups is 2. The van der Waals surface area contributed by atoms with Crippen molar-refractivity contribution >= 4 is 28.5 Å². The summed E-state index contributed by atoms with van der Waals surface area (Å²) in [5.41, 5.74) is 5.19. The molecule has 0 bridgehead atoms. The number of carbonyl (C=O) groups excluding carboxylic acids is 2. The van der Waals surface area contributed by atoms with E-state index in [9.17, 15) is 9.59 Å². The van der Waals surface area contributed by atoms with Gasteiger partial charge in [-0.1, -0.05) is 55.8 Å². The molecule has 0 saturated heterocycles. The minimum absolute atomic E-state index is 0.235. The van der Waals surface area contributed by atoms with Crippen LogP contribution in [0.3, 0.4) is 0 Å². The van der Waals surface area contributed by atoms with Crippen molar-refractivity contribution in [2.75, 3.05) is 11.9 Å². The molecular weight excluding hydrogens is 412 g/mol. The number of pyridine rings is 1. The molecule has 4 aromatic rings. The molecule has 166 valence electrons. The minimum atomic E-state index is -0.357. The normalized spacial score (nSPS) is 10.7. The Balaban J connectivity index is 1.60. The topological polar surface area (TPSA) is 68.3 Å². The van der Waals surface area contributed by atoms with E-state index in [4.69, 9.17) is 9.72 Å². The number of aromatic nitrogens is 1. The van der Waals surface area contributed by atoms with Gasteiger partial charge in [-0.3, -0.25) is 4.79 Å². The number of nitrogens with zero attached hydrogens (tertiary/aromatic N) is 1. The summed E-state index contributed by atoms with van der Waals surface area (Å²) in [4.78, 5) is 30.1. The van der Waals surface area contributed by atoms with Crippen LogP contribution in [0.2, 0.25) is 0 Å². The molecule has 1 heterocycles. The summed E-state index contributed by atoms with van der Waals surface area (Å²) < 4.78 is 5.24. The van der Waals surface area contributed by atoms with Gasteiger partial charge in [0.25, 0.3) is 5.91 Å². The zero-order valence-corrected chi connectivity index (χ0v) is 18.8. The number of anilines is 1. The Bertz CT molecular complexity index is 1300. The molecule has 33 heavy (non-hydrogen) atoms. The maximum absolute atomic E-state index is 13.3. The summed E-state index contributed by atoms with van der Waals surface area (Å²) in [5, 5.41) is 3.72. The molecule has 0 aliphatic rings. The van der Waals surface area contributed by atoms with E-state index in [-0.39, 0.29) is 11.9 Å². The van der Waals surface area contributed by atoms with Crippen LogP contribution in [0.25, 0.3) is 22.2 Å². The number of rotatable bonds is 7. The molecule has 5 heteroatoms. The van der Waals surface area contributed by atoms with E-state index in [0.717, 1.165) is 40.6 Å². The Morgan fingerprint density at radius 2 is 1.67 bits per heavy atom. The van der Waals surface area contributed by atoms with Crippen LogP contribution < -0.4 is 5.32 Å². The van der Waals surface area contributed by atoms with Crippen molar-refractivity contribution in [1.29, 1.82) is 0 Å². The third-order valence-corrected chi connectivity index (χ3v) is 5.49. The molecule has 0 spiro atoms. The lowest BCUT2D eigenvalue weighted by molar-refractivity contribution is 0.0499. The molecule has 1 amide bonds. The molecule has 0 atom stereocenters. The van der Waals surface area contributed by atoms with E-state index in [1.807, 2.05) is 68.4 Å². The van der Waals surface area contributed by atoms with Gasteiger partial charge in [-0.05, 0) is 55.3 Å². The van der Waals surface area contributed by atoms with E-state index in [1.54, 1.807) is 24.3 Å². The Hall–Kier alpha value is -3.99. The lowest BCUT2D eigenvalue weighted by atomic mass is 10.0. The van der Waals surface area contributed by atoms with Crippen molar-refractivity contribution in [2.45, 2.75) is 26.7 Å². The number of fused-ring (bicyclic) bond motifs is 1. The monoisotopic (exact) mass is 438 g/mol. The van der Waals surface area contributed by atoms with Crippen molar-refractivity contribution < 1.29 is 14.3 Å². The first-order valence-corrected chi connectivity index (χ1v) is 11.1. The third-order valence-electron chi connectivity index (χ3n) is 5.49. The molecule has 0 saturated carbocycles. The SMILES string of the molecule is CCCCOC(=O)c1ccc(NC(=O)c2cc(-c3ccccc3C)nc3ccccc23)cc1. The van der Waals surface area contributed by atoms with Crippen LogP contribution in [0, 0.1) is 6.92 Å². The van der Waals surface area contributed by atoms with E-state index in [1.165, 1.54) is 0 Å². The van der Waals surface area contributed by atoms with Gasteiger partial charge < -0.3 is 10.1 Å². The van der Waals surface area contributed by atoms with Gasteiger partial charge in [-0.15, -0.1) is 0 Å². The predicted octanol–water partition coefficient (Wildman–Crippen LogP) is 6.42. The smallest absolute Gasteiger partial charge is 0.338 e. The lowest BCUT2D eigenvalue weighted by Crippen LogP contribution is -2.13. The van der Waals surface area contributed by atoms with E-state index in [0.29, 0.717) is 23.4 Å². The molecule has 0 aliphatic heterocycles.